The molecule has 374 valence electrons. The molecule has 7 aliphatic rings. The van der Waals surface area contributed by atoms with Gasteiger partial charge in [-0.25, -0.2) is 4.79 Å². The first-order valence-electron chi connectivity index (χ1n) is 23.5. The van der Waals surface area contributed by atoms with Gasteiger partial charge in [-0.2, -0.15) is 5.26 Å². The summed E-state index contributed by atoms with van der Waals surface area (Å²) in [6, 6.07) is 10.3. The number of esters is 2. The number of nitro benzene ring substituents is 1. The standard InChI is InChI=1S/C53H53N5O13S/c1-9-17-66-39-21-31-15-16-56(51(60)30-11-13-33(14-12-30)58(62)63)53(34(31)22-38(39)64-7)25-72-50-42-41(49-47(69-26-70-49)28(4)46(42)71-29(5)59)37(24-68-52(53)61)57-36(23-54)35-20-32-19-27(3)45(65-8)48(67-18-10-2)40(32)43(44(50)57)55(35)6/h9-14,19,21-22,35-37,43-44,50H,1-2,15-18,20,24-26H2,3-8H3/t35-,36-,37+,43+,44+,50+,53+/m0/s1. The highest BCUT2D eigenvalue weighted by Crippen LogP contribution is 2.65. The maximum atomic E-state index is 15.9. The van der Waals surface area contributed by atoms with Gasteiger partial charge >= 0.3 is 11.9 Å². The van der Waals surface area contributed by atoms with Crippen molar-refractivity contribution in [2.24, 2.45) is 0 Å². The van der Waals surface area contributed by atoms with Crippen molar-refractivity contribution in [3.8, 4) is 46.3 Å². The molecule has 0 unspecified atom stereocenters. The number of rotatable bonds is 11. The maximum Gasteiger partial charge on any atom is 0.337 e. The Balaban J connectivity index is 1.26. The van der Waals surface area contributed by atoms with Crippen molar-refractivity contribution in [3.63, 3.8) is 0 Å². The van der Waals surface area contributed by atoms with Gasteiger partial charge in [0, 0.05) is 71.3 Å². The van der Waals surface area contributed by atoms with Gasteiger partial charge in [-0.3, -0.25) is 29.5 Å². The topological polar surface area (TPSA) is 202 Å². The zero-order valence-corrected chi connectivity index (χ0v) is 41.5. The first-order chi connectivity index (χ1) is 34.7. The summed E-state index contributed by atoms with van der Waals surface area (Å²) in [5, 5.41) is 22.5. The van der Waals surface area contributed by atoms with E-state index in [1.807, 2.05) is 20.0 Å². The van der Waals surface area contributed by atoms with E-state index in [2.05, 4.69) is 35.1 Å². The number of thioether (sulfide) groups is 1. The number of likely N-dealkylation sites (N-methyl/N-ethyl adjacent to an activating group) is 1. The van der Waals surface area contributed by atoms with Crippen LogP contribution in [0.15, 0.2) is 67.8 Å². The van der Waals surface area contributed by atoms with Gasteiger partial charge in [-0.05, 0) is 80.3 Å². The summed E-state index contributed by atoms with van der Waals surface area (Å²) in [5.41, 5.74) is 3.49. The van der Waals surface area contributed by atoms with Crippen molar-refractivity contribution < 1.29 is 57.2 Å². The van der Waals surface area contributed by atoms with Gasteiger partial charge in [0.05, 0.1) is 42.5 Å². The molecule has 72 heavy (non-hydrogen) atoms. The van der Waals surface area contributed by atoms with Crippen LogP contribution in [0, 0.1) is 35.3 Å². The number of nitriles is 1. The Bertz CT molecular complexity index is 3010. The summed E-state index contributed by atoms with van der Waals surface area (Å²) in [6.45, 7) is 12.7. The van der Waals surface area contributed by atoms with Gasteiger partial charge in [0.2, 0.25) is 6.79 Å². The van der Waals surface area contributed by atoms with E-state index in [-0.39, 0.29) is 68.4 Å². The Hall–Kier alpha value is -7.27. The number of fused-ring (bicyclic) bond motifs is 9. The van der Waals surface area contributed by atoms with Crippen LogP contribution in [0.4, 0.5) is 5.69 Å². The number of piperazine rings is 1. The van der Waals surface area contributed by atoms with E-state index in [0.29, 0.717) is 68.7 Å². The average Bonchev–Trinajstić information content (AvgIpc) is 3.87. The number of hydrogen-bond acceptors (Lipinski definition) is 17. The van der Waals surface area contributed by atoms with E-state index in [9.17, 15) is 20.2 Å². The summed E-state index contributed by atoms with van der Waals surface area (Å²) in [4.78, 5) is 61.6. The molecule has 2 fully saturated rings. The second kappa shape index (κ2) is 18.7. The van der Waals surface area contributed by atoms with Crippen molar-refractivity contribution in [1.82, 2.24) is 14.7 Å². The quantitative estimate of drug-likeness (QED) is 0.0481. The molecule has 4 aromatic carbocycles. The van der Waals surface area contributed by atoms with Crippen molar-refractivity contribution in [2.45, 2.75) is 74.6 Å². The molecule has 2 saturated heterocycles. The van der Waals surface area contributed by atoms with Crippen LogP contribution in [0.2, 0.25) is 0 Å². The smallest absolute Gasteiger partial charge is 0.337 e. The van der Waals surface area contributed by atoms with Crippen molar-refractivity contribution in [3.05, 3.63) is 128 Å². The van der Waals surface area contributed by atoms with Gasteiger partial charge < -0.3 is 42.8 Å². The fraction of sp³-hybridized carbons (Fsp3) is 0.396. The first-order valence-corrected chi connectivity index (χ1v) is 24.6. The number of nitrogens with zero attached hydrogens (tertiary/aromatic N) is 5. The molecule has 4 bridgehead atoms. The molecule has 1 spiro atoms. The maximum absolute atomic E-state index is 15.9. The monoisotopic (exact) mass is 999 g/mol. The van der Waals surface area contributed by atoms with E-state index >= 15 is 9.59 Å². The van der Waals surface area contributed by atoms with Gasteiger partial charge in [0.25, 0.3) is 11.6 Å². The molecule has 7 heterocycles. The Morgan fingerprint density at radius 3 is 2.38 bits per heavy atom. The van der Waals surface area contributed by atoms with Gasteiger partial charge in [0.15, 0.2) is 40.0 Å². The minimum absolute atomic E-state index is 0.0303. The summed E-state index contributed by atoms with van der Waals surface area (Å²) in [7, 11) is 5.08. The lowest BCUT2D eigenvalue weighted by atomic mass is 9.71. The fourth-order valence-electron chi connectivity index (χ4n) is 12.0. The van der Waals surface area contributed by atoms with Crippen LogP contribution in [0.5, 0.6) is 40.2 Å². The van der Waals surface area contributed by atoms with Crippen molar-refractivity contribution >= 4 is 35.3 Å². The van der Waals surface area contributed by atoms with Crippen LogP contribution in [0.1, 0.15) is 79.1 Å². The number of amides is 1. The number of benzene rings is 4. The summed E-state index contributed by atoms with van der Waals surface area (Å²) >= 11 is 1.36. The van der Waals surface area contributed by atoms with Gasteiger partial charge in [0.1, 0.15) is 31.6 Å². The molecule has 0 aromatic heterocycles. The third-order valence-electron chi connectivity index (χ3n) is 14.9. The molecule has 7 atom stereocenters. The van der Waals surface area contributed by atoms with Crippen LogP contribution in [-0.4, -0.2) is 116 Å². The molecule has 11 rings (SSSR count). The highest BCUT2D eigenvalue weighted by molar-refractivity contribution is 7.99. The molecule has 18 nitrogen and oxygen atoms in total. The lowest BCUT2D eigenvalue weighted by Gasteiger charge is -2.62. The van der Waals surface area contributed by atoms with Crippen molar-refractivity contribution in [2.75, 3.05) is 60.2 Å². The SMILES string of the molecule is C=CCOc1cc2c(cc1OC)[C@@]1(CS[C@@H]3c4c(OC(C)=O)c(C)c5c(c4[C@@H](COC1=O)N1[C@@H]3[C@H]3c4c(cc(C)c(OC)c4OCC=C)C[C@@H]([C@@H]1C#N)N3C)OCO5)N(C(=O)c1ccc([N+](=O)[O-])cc1)CC2. The van der Waals surface area contributed by atoms with E-state index in [1.165, 1.54) is 55.0 Å². The second-order valence-electron chi connectivity index (χ2n) is 18.5. The molecule has 1 amide bonds. The number of nitro groups is 1. The Morgan fingerprint density at radius 1 is 0.958 bits per heavy atom. The lowest BCUT2D eigenvalue weighted by molar-refractivity contribution is -0.384. The number of carbonyl (C=O) groups is 3. The summed E-state index contributed by atoms with van der Waals surface area (Å²) in [5.74, 6) is 0.721. The molecular formula is C53H53N5O13S. The molecule has 7 aliphatic heterocycles. The minimum Gasteiger partial charge on any atom is -0.493 e. The van der Waals surface area contributed by atoms with Crippen LogP contribution in [0.25, 0.3) is 0 Å². The Labute approximate surface area is 420 Å². The minimum atomic E-state index is -1.89. The Morgan fingerprint density at radius 2 is 1.69 bits per heavy atom. The fourth-order valence-corrected chi connectivity index (χ4v) is 13.7. The van der Waals surface area contributed by atoms with Crippen LogP contribution in [0.3, 0.4) is 0 Å². The first kappa shape index (κ1) is 48.4. The number of hydrogen-bond donors (Lipinski definition) is 0. The van der Waals surface area contributed by atoms with E-state index < -0.39 is 57.7 Å². The number of carbonyl (C=O) groups excluding carboxylic acids is 3. The average molecular weight is 1000 g/mol. The Kier molecular flexibility index (Phi) is 12.6. The third-order valence-corrected chi connectivity index (χ3v) is 16.3. The molecule has 0 N–H and O–H groups in total. The molecule has 4 aromatic rings. The lowest BCUT2D eigenvalue weighted by Crippen LogP contribution is -2.69. The number of methoxy groups -OCH3 is 2. The summed E-state index contributed by atoms with van der Waals surface area (Å²) in [6.07, 6.45) is 4.03. The molecule has 19 heteroatoms. The number of aryl methyl sites for hydroxylation is 1. The van der Waals surface area contributed by atoms with Crippen LogP contribution in [-0.2, 0) is 32.7 Å². The highest BCUT2D eigenvalue weighted by atomic mass is 32.2. The largest absolute Gasteiger partial charge is 0.493 e. The number of ether oxygens (including phenoxy) is 8. The third kappa shape index (κ3) is 7.32. The summed E-state index contributed by atoms with van der Waals surface area (Å²) < 4.78 is 50.2. The van der Waals surface area contributed by atoms with Crippen LogP contribution < -0.4 is 33.2 Å². The van der Waals surface area contributed by atoms with E-state index in [1.54, 1.807) is 32.3 Å². The second-order valence-corrected chi connectivity index (χ2v) is 19.7. The molecule has 0 saturated carbocycles. The predicted molar refractivity (Wildman–Crippen MR) is 262 cm³/mol. The highest BCUT2D eigenvalue weighted by Gasteiger charge is 2.63. The van der Waals surface area contributed by atoms with Crippen LogP contribution >= 0.6 is 11.8 Å². The normalized spacial score (nSPS) is 24.6. The van der Waals surface area contributed by atoms with E-state index in [0.717, 1.165) is 16.7 Å². The predicted octanol–water partition coefficient (Wildman–Crippen LogP) is 7.17. The van der Waals surface area contributed by atoms with Gasteiger partial charge in [-0.1, -0.05) is 31.4 Å². The van der Waals surface area contributed by atoms with Crippen molar-refractivity contribution in [1.29, 1.82) is 5.26 Å². The number of non-ortho nitro benzene ring substituents is 1. The zero-order chi connectivity index (χ0) is 50.9. The molecule has 0 aliphatic carbocycles. The molecular weight excluding hydrogens is 947 g/mol. The zero-order valence-electron chi connectivity index (χ0n) is 40.7. The van der Waals surface area contributed by atoms with E-state index in [4.69, 9.17) is 37.9 Å². The molecule has 0 radical (unpaired) electrons. The van der Waals surface area contributed by atoms with Gasteiger partial charge in [-0.15, -0.1) is 11.8 Å².